The molecule has 0 saturated carbocycles. The van der Waals surface area contributed by atoms with Crippen molar-refractivity contribution in [3.05, 3.63) is 39.2 Å². The summed E-state index contributed by atoms with van der Waals surface area (Å²) >= 11 is 1.63. The molecule has 1 N–H and O–H groups in total. The Balaban J connectivity index is 2.09. The quantitative estimate of drug-likeness (QED) is 0.836. The highest BCUT2D eigenvalue weighted by Crippen LogP contribution is 2.12. The van der Waals surface area contributed by atoms with E-state index in [1.54, 1.807) is 11.3 Å². The number of oxazole rings is 1. The Hall–Kier alpha value is -1.49. The van der Waals surface area contributed by atoms with Crippen molar-refractivity contribution < 1.29 is 9.52 Å². The predicted octanol–water partition coefficient (Wildman–Crippen LogP) is 1.45. The van der Waals surface area contributed by atoms with Crippen LogP contribution in [0.1, 0.15) is 4.88 Å². The van der Waals surface area contributed by atoms with E-state index in [1.165, 1.54) is 9.44 Å². The molecule has 0 amide bonds. The molecule has 0 spiro atoms. The standard InChI is InChI=1S/C9H9NO3S/c11-8-6-13-9(12)10(8)4-3-7-2-1-5-14-7/h1-2,5-6,11H,3-4H2. The van der Waals surface area contributed by atoms with Crippen molar-refractivity contribution in [2.24, 2.45) is 0 Å². The normalized spacial score (nSPS) is 10.6. The van der Waals surface area contributed by atoms with E-state index in [0.29, 0.717) is 6.54 Å². The number of nitrogens with zero attached hydrogens (tertiary/aromatic N) is 1. The van der Waals surface area contributed by atoms with Gasteiger partial charge in [0.15, 0.2) is 6.26 Å². The smallest absolute Gasteiger partial charge is 0.421 e. The molecule has 2 aromatic rings. The largest absolute Gasteiger partial charge is 0.492 e. The van der Waals surface area contributed by atoms with Crippen LogP contribution >= 0.6 is 11.3 Å². The van der Waals surface area contributed by atoms with E-state index in [9.17, 15) is 9.90 Å². The van der Waals surface area contributed by atoms with Crippen molar-refractivity contribution in [2.45, 2.75) is 13.0 Å². The zero-order valence-electron chi connectivity index (χ0n) is 7.34. The summed E-state index contributed by atoms with van der Waals surface area (Å²) in [6, 6.07) is 3.95. The first kappa shape index (κ1) is 9.08. The molecule has 2 rings (SSSR count). The highest BCUT2D eigenvalue weighted by molar-refractivity contribution is 7.09. The number of aromatic hydroxyl groups is 1. The highest BCUT2D eigenvalue weighted by atomic mass is 32.1. The van der Waals surface area contributed by atoms with E-state index in [4.69, 9.17) is 0 Å². The molecule has 74 valence electrons. The fourth-order valence-corrected chi connectivity index (χ4v) is 1.90. The first-order valence-corrected chi connectivity index (χ1v) is 5.05. The Bertz CT molecular complexity index is 455. The molecule has 0 aromatic carbocycles. The lowest BCUT2D eigenvalue weighted by Gasteiger charge is -1.98. The third kappa shape index (κ3) is 1.72. The van der Waals surface area contributed by atoms with Crippen LogP contribution in [-0.2, 0) is 13.0 Å². The van der Waals surface area contributed by atoms with Crippen molar-refractivity contribution in [3.63, 3.8) is 0 Å². The van der Waals surface area contributed by atoms with E-state index >= 15 is 0 Å². The Kier molecular flexibility index (Phi) is 2.41. The first-order chi connectivity index (χ1) is 6.77. The van der Waals surface area contributed by atoms with Gasteiger partial charge in [-0.1, -0.05) is 6.07 Å². The van der Waals surface area contributed by atoms with Gasteiger partial charge in [0.1, 0.15) is 0 Å². The molecule has 0 aliphatic heterocycles. The number of aromatic nitrogens is 1. The second kappa shape index (κ2) is 3.71. The maximum absolute atomic E-state index is 11.0. The molecule has 14 heavy (non-hydrogen) atoms. The van der Waals surface area contributed by atoms with Gasteiger partial charge in [0.2, 0.25) is 5.88 Å². The van der Waals surface area contributed by atoms with Crippen LogP contribution in [0.25, 0.3) is 0 Å². The molecule has 0 saturated heterocycles. The summed E-state index contributed by atoms with van der Waals surface area (Å²) in [5, 5.41) is 11.2. The fourth-order valence-electron chi connectivity index (χ4n) is 1.21. The van der Waals surface area contributed by atoms with Crippen molar-refractivity contribution in [1.29, 1.82) is 0 Å². The summed E-state index contributed by atoms with van der Waals surface area (Å²) in [6.07, 6.45) is 1.78. The van der Waals surface area contributed by atoms with Crippen molar-refractivity contribution >= 4 is 11.3 Å². The molecule has 0 unspecified atom stereocenters. The van der Waals surface area contributed by atoms with Gasteiger partial charge < -0.3 is 9.52 Å². The lowest BCUT2D eigenvalue weighted by Crippen LogP contribution is -2.14. The van der Waals surface area contributed by atoms with E-state index in [0.717, 1.165) is 12.7 Å². The van der Waals surface area contributed by atoms with Gasteiger partial charge in [0.25, 0.3) is 0 Å². The molecular weight excluding hydrogens is 202 g/mol. The second-order valence-corrected chi connectivity index (χ2v) is 3.87. The molecular formula is C9H9NO3S. The molecule has 0 aliphatic rings. The van der Waals surface area contributed by atoms with Gasteiger partial charge in [-0.15, -0.1) is 11.3 Å². The van der Waals surface area contributed by atoms with Crippen LogP contribution in [0.15, 0.2) is 33.0 Å². The highest BCUT2D eigenvalue weighted by Gasteiger charge is 2.06. The summed E-state index contributed by atoms with van der Waals surface area (Å²) in [6.45, 7) is 0.446. The van der Waals surface area contributed by atoms with Crippen molar-refractivity contribution in [3.8, 4) is 5.88 Å². The minimum atomic E-state index is -0.515. The zero-order chi connectivity index (χ0) is 9.97. The average molecular weight is 211 g/mol. The van der Waals surface area contributed by atoms with Crippen LogP contribution in [0.4, 0.5) is 0 Å². The molecule has 2 aromatic heterocycles. The minimum absolute atomic E-state index is 0.119. The predicted molar refractivity (Wildman–Crippen MR) is 52.7 cm³/mol. The summed E-state index contributed by atoms with van der Waals surface area (Å²) in [4.78, 5) is 12.2. The molecule has 0 aliphatic carbocycles. The summed E-state index contributed by atoms with van der Waals surface area (Å²) < 4.78 is 5.73. The van der Waals surface area contributed by atoms with E-state index < -0.39 is 5.76 Å². The summed E-state index contributed by atoms with van der Waals surface area (Å²) in [5.41, 5.74) is 0. The molecule has 5 heteroatoms. The maximum atomic E-state index is 11.0. The van der Waals surface area contributed by atoms with Crippen LogP contribution in [0.2, 0.25) is 0 Å². The number of rotatable bonds is 3. The number of hydrogen-bond acceptors (Lipinski definition) is 4. The lowest BCUT2D eigenvalue weighted by molar-refractivity contribution is 0.413. The van der Waals surface area contributed by atoms with Gasteiger partial charge >= 0.3 is 5.76 Å². The van der Waals surface area contributed by atoms with E-state index in [2.05, 4.69) is 4.42 Å². The second-order valence-electron chi connectivity index (χ2n) is 2.84. The van der Waals surface area contributed by atoms with Crippen LogP contribution in [-0.4, -0.2) is 9.67 Å². The van der Waals surface area contributed by atoms with Gasteiger partial charge in [0.05, 0.1) is 0 Å². The molecule has 4 nitrogen and oxygen atoms in total. The molecule has 2 heterocycles. The van der Waals surface area contributed by atoms with E-state index in [-0.39, 0.29) is 5.88 Å². The van der Waals surface area contributed by atoms with E-state index in [1.807, 2.05) is 17.5 Å². The third-order valence-electron chi connectivity index (χ3n) is 1.92. The Labute approximate surface area is 84.0 Å². The van der Waals surface area contributed by atoms with Crippen molar-refractivity contribution in [2.75, 3.05) is 0 Å². The topological polar surface area (TPSA) is 55.4 Å². The van der Waals surface area contributed by atoms with Crippen molar-refractivity contribution in [1.82, 2.24) is 4.57 Å². The summed E-state index contributed by atoms with van der Waals surface area (Å²) in [7, 11) is 0. The fraction of sp³-hybridized carbons (Fsp3) is 0.222. The molecule has 0 radical (unpaired) electrons. The Morgan fingerprint density at radius 2 is 2.43 bits per heavy atom. The first-order valence-electron chi connectivity index (χ1n) is 4.17. The zero-order valence-corrected chi connectivity index (χ0v) is 8.16. The van der Waals surface area contributed by atoms with Crippen LogP contribution in [0.5, 0.6) is 5.88 Å². The Morgan fingerprint density at radius 1 is 1.57 bits per heavy atom. The third-order valence-corrected chi connectivity index (χ3v) is 2.86. The summed E-state index contributed by atoms with van der Waals surface area (Å²) in [5.74, 6) is -0.634. The van der Waals surface area contributed by atoms with Gasteiger partial charge in [-0.05, 0) is 11.4 Å². The molecule has 0 bridgehead atoms. The maximum Gasteiger partial charge on any atom is 0.421 e. The average Bonchev–Trinajstić information content (AvgIpc) is 2.76. The van der Waals surface area contributed by atoms with Crippen LogP contribution in [0, 0.1) is 0 Å². The Morgan fingerprint density at radius 3 is 3.00 bits per heavy atom. The van der Waals surface area contributed by atoms with Crippen LogP contribution < -0.4 is 5.76 Å². The minimum Gasteiger partial charge on any atom is -0.492 e. The number of hydrogen-bond donors (Lipinski definition) is 1. The van der Waals surface area contributed by atoms with Gasteiger partial charge in [-0.25, -0.2) is 9.36 Å². The van der Waals surface area contributed by atoms with Gasteiger partial charge in [0, 0.05) is 17.8 Å². The monoisotopic (exact) mass is 211 g/mol. The lowest BCUT2D eigenvalue weighted by atomic mass is 10.3. The SMILES string of the molecule is O=c1occ(O)n1CCc1cccs1. The molecule has 0 fully saturated rings. The van der Waals surface area contributed by atoms with Crippen LogP contribution in [0.3, 0.4) is 0 Å². The molecule has 0 atom stereocenters. The number of thiophene rings is 1. The van der Waals surface area contributed by atoms with Gasteiger partial charge in [-0.2, -0.15) is 0 Å². The number of aryl methyl sites for hydroxylation is 1. The van der Waals surface area contributed by atoms with Gasteiger partial charge in [-0.3, -0.25) is 0 Å².